The highest BCUT2D eigenvalue weighted by Crippen LogP contribution is 2.37. The molecule has 9 rings (SSSR count). The molecule has 0 spiro atoms. The van der Waals surface area contributed by atoms with Gasteiger partial charge in [-0.3, -0.25) is 28.9 Å². The molecule has 2 aromatic carbocycles. The third-order valence-corrected chi connectivity index (χ3v) is 14.0. The lowest BCUT2D eigenvalue weighted by atomic mass is 9.93. The fourth-order valence-corrected chi connectivity index (χ4v) is 10.3. The van der Waals surface area contributed by atoms with E-state index in [4.69, 9.17) is 9.72 Å². The maximum atomic E-state index is 13.1. The number of carbonyl (C=O) groups is 2. The number of amides is 2. The molecule has 14 nitrogen and oxygen atoms in total. The van der Waals surface area contributed by atoms with Gasteiger partial charge in [0.15, 0.2) is 0 Å². The molecule has 3 saturated heterocycles. The Bertz CT molecular complexity index is 2510. The molecule has 4 fully saturated rings. The predicted octanol–water partition coefficient (Wildman–Crippen LogP) is 6.26. The largest absolute Gasteiger partial charge is 0.393 e. The number of likely N-dealkylation sites (tertiary alicyclic amines) is 2. The summed E-state index contributed by atoms with van der Waals surface area (Å²) in [6.07, 6.45) is 6.98. The van der Waals surface area contributed by atoms with Crippen molar-refractivity contribution in [3.63, 3.8) is 0 Å². The third-order valence-electron chi connectivity index (χ3n) is 14.0. The smallest absolute Gasteiger partial charge is 0.390 e. The van der Waals surface area contributed by atoms with E-state index in [1.54, 1.807) is 17.8 Å². The number of imide groups is 1. The van der Waals surface area contributed by atoms with E-state index in [1.165, 1.54) is 10.1 Å². The van der Waals surface area contributed by atoms with Crippen LogP contribution in [0.2, 0.25) is 0 Å². The van der Waals surface area contributed by atoms with Crippen molar-refractivity contribution in [2.75, 3.05) is 44.6 Å². The van der Waals surface area contributed by atoms with Crippen LogP contribution in [0.4, 0.5) is 19.1 Å². The van der Waals surface area contributed by atoms with Gasteiger partial charge in [0.05, 0.1) is 36.3 Å². The first-order valence-corrected chi connectivity index (χ1v) is 22.9. The maximum Gasteiger partial charge on any atom is 0.390 e. The van der Waals surface area contributed by atoms with Crippen LogP contribution < -0.4 is 16.3 Å². The first-order valence-electron chi connectivity index (χ1n) is 22.9. The molecule has 6 heterocycles. The van der Waals surface area contributed by atoms with Gasteiger partial charge in [0.2, 0.25) is 17.8 Å². The van der Waals surface area contributed by atoms with Crippen LogP contribution in [0.15, 0.2) is 59.7 Å². The molecular formula is C47H58F3N9O5. The summed E-state index contributed by atoms with van der Waals surface area (Å²) < 4.78 is 50.0. The number of anilines is 1. The summed E-state index contributed by atoms with van der Waals surface area (Å²) >= 11 is 0. The number of alkyl halides is 3. The number of benzene rings is 2. The van der Waals surface area contributed by atoms with E-state index in [1.807, 2.05) is 18.2 Å². The number of fused-ring (bicyclic) bond motifs is 2. The number of nitrogens with one attached hydrogen (secondary N) is 2. The molecular weight excluding hydrogens is 828 g/mol. The average Bonchev–Trinajstić information content (AvgIpc) is 3.78. The molecule has 342 valence electrons. The van der Waals surface area contributed by atoms with Crippen LogP contribution in [-0.2, 0) is 34.3 Å². The van der Waals surface area contributed by atoms with Crippen molar-refractivity contribution in [1.82, 2.24) is 38.8 Å². The van der Waals surface area contributed by atoms with Crippen molar-refractivity contribution < 1.29 is 32.6 Å². The van der Waals surface area contributed by atoms with Crippen molar-refractivity contribution in [1.29, 1.82) is 0 Å². The number of imidazole rings is 1. The third kappa shape index (κ3) is 9.77. The van der Waals surface area contributed by atoms with E-state index in [0.717, 1.165) is 105 Å². The van der Waals surface area contributed by atoms with Crippen molar-refractivity contribution >= 4 is 39.8 Å². The van der Waals surface area contributed by atoms with Gasteiger partial charge < -0.3 is 24.6 Å². The fraction of sp³-hybridized carbons (Fsp3) is 0.553. The molecule has 64 heavy (non-hydrogen) atoms. The van der Waals surface area contributed by atoms with Crippen LogP contribution in [-0.4, -0.2) is 114 Å². The van der Waals surface area contributed by atoms with Crippen molar-refractivity contribution in [2.24, 2.45) is 7.05 Å². The summed E-state index contributed by atoms with van der Waals surface area (Å²) in [4.78, 5) is 51.6. The number of piperidine rings is 3. The first kappa shape index (κ1) is 44.1. The van der Waals surface area contributed by atoms with Gasteiger partial charge in [0, 0.05) is 75.1 Å². The van der Waals surface area contributed by atoms with Crippen molar-refractivity contribution in [3.05, 3.63) is 76.5 Å². The summed E-state index contributed by atoms with van der Waals surface area (Å²) in [5.41, 5.74) is 6.19. The summed E-state index contributed by atoms with van der Waals surface area (Å²) in [5, 5.41) is 16.1. The van der Waals surface area contributed by atoms with E-state index < -0.39 is 24.5 Å². The number of nitrogens with zero attached hydrogens (tertiary/aromatic N) is 7. The first-order chi connectivity index (χ1) is 30.9. The van der Waals surface area contributed by atoms with Gasteiger partial charge in [-0.25, -0.2) is 9.78 Å². The number of carbonyl (C=O) groups excluding carboxylic acids is 2. The Morgan fingerprint density at radius 2 is 1.61 bits per heavy atom. The maximum absolute atomic E-state index is 13.1. The van der Waals surface area contributed by atoms with E-state index in [-0.39, 0.29) is 48.8 Å². The zero-order valence-corrected chi connectivity index (χ0v) is 36.4. The van der Waals surface area contributed by atoms with Crippen LogP contribution in [0.1, 0.15) is 93.8 Å². The minimum atomic E-state index is -4.26. The monoisotopic (exact) mass is 885 g/mol. The van der Waals surface area contributed by atoms with Gasteiger partial charge >= 0.3 is 11.9 Å². The van der Waals surface area contributed by atoms with Gasteiger partial charge in [-0.2, -0.15) is 18.2 Å². The number of hydrogen-bond donors (Lipinski definition) is 3. The van der Waals surface area contributed by atoms with Gasteiger partial charge in [0.25, 0.3) is 0 Å². The van der Waals surface area contributed by atoms with E-state index in [0.29, 0.717) is 43.1 Å². The Hall–Kier alpha value is -5.10. The average molecular weight is 886 g/mol. The molecule has 0 radical (unpaired) electrons. The molecule has 0 bridgehead atoms. The molecule has 17 heteroatoms. The second kappa shape index (κ2) is 18.8. The van der Waals surface area contributed by atoms with Crippen LogP contribution >= 0.6 is 0 Å². The van der Waals surface area contributed by atoms with Crippen LogP contribution in [0.25, 0.3) is 33.2 Å². The lowest BCUT2D eigenvalue weighted by molar-refractivity contribution is -0.136. The Labute approximate surface area is 369 Å². The SMILES string of the molecule is Cn1c(=O)n([C@H]2CCC(=O)NC2=O)c2ccc(CCOC3CCN(C4CCN(Cc5ccc(-c6cn([C@H]7CC[C@H](O)CC7)c7nc(NCCC(F)(F)F)ncc67)cc5)CC4)CC3)cc21. The molecule has 3 aliphatic heterocycles. The Morgan fingerprint density at radius 1 is 0.875 bits per heavy atom. The number of hydrogen-bond acceptors (Lipinski definition) is 10. The molecule has 3 aromatic heterocycles. The molecule has 5 aromatic rings. The number of aromatic nitrogens is 5. The topological polar surface area (TPSA) is 152 Å². The second-order valence-electron chi connectivity index (χ2n) is 18.2. The van der Waals surface area contributed by atoms with Gasteiger partial charge in [-0.1, -0.05) is 30.3 Å². The number of aryl methyl sites for hydroxylation is 1. The summed E-state index contributed by atoms with van der Waals surface area (Å²) in [5.74, 6) is -0.566. The fourth-order valence-electron chi connectivity index (χ4n) is 10.3. The standard InChI is InChI=1S/C47H58F3N9O5/c1-55-41-26-30(4-11-39(41)59(46(55)63)40-12-13-42(61)53-44(40)62)18-25-64-36-16-23-57(24-17-36)33-14-21-56(22-15-33)28-31-2-5-32(6-3-31)38-29-58(34-7-9-35(60)10-8-34)43-37(38)27-52-45(54-43)51-20-19-47(48,49)50/h2-6,11,26-27,29,33-36,40,60H,7-10,12-25,28H2,1H3,(H,51,52,54)(H,53,61,62)/t34-,35-,40-/m0/s1. The van der Waals surface area contributed by atoms with Crippen LogP contribution in [0.3, 0.4) is 0 Å². The Kier molecular flexibility index (Phi) is 12.9. The Morgan fingerprint density at radius 3 is 2.33 bits per heavy atom. The predicted molar refractivity (Wildman–Crippen MR) is 237 cm³/mol. The number of rotatable bonds is 13. The molecule has 3 N–H and O–H groups in total. The van der Waals surface area contributed by atoms with Crippen molar-refractivity contribution in [3.8, 4) is 11.1 Å². The lowest BCUT2D eigenvalue weighted by Crippen LogP contribution is -2.48. The van der Waals surface area contributed by atoms with E-state index in [9.17, 15) is 32.7 Å². The number of aliphatic hydroxyl groups excluding tert-OH is 1. The number of halogens is 3. The number of ether oxygens (including phenoxy) is 1. The highest BCUT2D eigenvalue weighted by molar-refractivity contribution is 6.00. The molecule has 0 unspecified atom stereocenters. The minimum Gasteiger partial charge on any atom is -0.393 e. The second-order valence-corrected chi connectivity index (χ2v) is 18.2. The normalized spacial score (nSPS) is 22.4. The van der Waals surface area contributed by atoms with Crippen LogP contribution in [0, 0.1) is 0 Å². The minimum absolute atomic E-state index is 0.134. The number of aliphatic hydroxyl groups is 1. The van der Waals surface area contributed by atoms with Crippen LogP contribution in [0.5, 0.6) is 0 Å². The summed E-state index contributed by atoms with van der Waals surface area (Å²) in [6, 6.07) is 14.5. The molecule has 1 saturated carbocycles. The highest BCUT2D eigenvalue weighted by atomic mass is 19.4. The van der Waals surface area contributed by atoms with Crippen molar-refractivity contribution in [2.45, 2.75) is 120 Å². The molecule has 2 amide bonds. The Balaban J connectivity index is 0.742. The lowest BCUT2D eigenvalue weighted by Gasteiger charge is -2.41. The van der Waals surface area contributed by atoms with Gasteiger partial charge in [-0.15, -0.1) is 0 Å². The van der Waals surface area contributed by atoms with Gasteiger partial charge in [-0.05, 0) is 106 Å². The molecule has 1 aliphatic carbocycles. The highest BCUT2D eigenvalue weighted by Gasteiger charge is 2.33. The quantitative estimate of drug-likeness (QED) is 0.116. The molecule has 1 atom stereocenters. The zero-order chi connectivity index (χ0) is 44.5. The van der Waals surface area contributed by atoms with E-state index in [2.05, 4.69) is 60.4 Å². The van der Waals surface area contributed by atoms with Gasteiger partial charge in [0.1, 0.15) is 11.7 Å². The summed E-state index contributed by atoms with van der Waals surface area (Å²) in [6.45, 7) is 5.30. The summed E-state index contributed by atoms with van der Waals surface area (Å²) in [7, 11) is 1.71. The molecule has 4 aliphatic rings. The zero-order valence-electron chi connectivity index (χ0n) is 36.4. The van der Waals surface area contributed by atoms with E-state index >= 15 is 0 Å².